The first-order chi connectivity index (χ1) is 4.30. The Morgan fingerprint density at radius 2 is 2.11 bits per heavy atom. The summed E-state index contributed by atoms with van der Waals surface area (Å²) in [4.78, 5) is 0. The predicted molar refractivity (Wildman–Crippen MR) is 40.0 cm³/mol. The van der Waals surface area contributed by atoms with E-state index < -0.39 is 10.8 Å². The molecular formula is C6H8OS2. The number of hydrogen-bond donors (Lipinski definition) is 0. The molecule has 0 aromatic carbocycles. The molecule has 3 aliphatic rings. The number of hydrogen-bond acceptors (Lipinski definition) is 2. The molecule has 0 spiro atoms. The monoisotopic (exact) mass is 160 g/mol. The molecule has 0 bridgehead atoms. The molecule has 3 fully saturated rings. The molecule has 1 saturated carbocycles. The van der Waals surface area contributed by atoms with Crippen molar-refractivity contribution in [3.63, 3.8) is 0 Å². The van der Waals surface area contributed by atoms with Crippen molar-refractivity contribution in [2.24, 2.45) is 5.92 Å². The highest BCUT2D eigenvalue weighted by Crippen LogP contribution is 2.65. The SMILES string of the molecule is CC1C2SC2C2C1S2=O. The molecule has 0 aromatic rings. The molecule has 1 aliphatic carbocycles. The first-order valence-electron chi connectivity index (χ1n) is 3.35. The van der Waals surface area contributed by atoms with Crippen molar-refractivity contribution >= 4 is 22.6 Å². The smallest absolute Gasteiger partial charge is 0.0627 e. The summed E-state index contributed by atoms with van der Waals surface area (Å²) < 4.78 is 11.0. The van der Waals surface area contributed by atoms with Gasteiger partial charge in [0.05, 0.1) is 10.5 Å². The number of thioether (sulfide) groups is 1. The molecule has 2 saturated heterocycles. The van der Waals surface area contributed by atoms with E-state index in [-0.39, 0.29) is 0 Å². The third-order valence-corrected chi connectivity index (χ3v) is 6.57. The van der Waals surface area contributed by atoms with E-state index in [0.717, 1.165) is 16.4 Å². The number of rotatable bonds is 0. The topological polar surface area (TPSA) is 17.1 Å². The average Bonchev–Trinajstić information content (AvgIpc) is 2.60. The lowest BCUT2D eigenvalue weighted by Gasteiger charge is -1.98. The van der Waals surface area contributed by atoms with Crippen molar-refractivity contribution in [2.45, 2.75) is 27.9 Å². The van der Waals surface area contributed by atoms with Crippen LogP contribution in [0.25, 0.3) is 0 Å². The van der Waals surface area contributed by atoms with Gasteiger partial charge in [-0.1, -0.05) is 6.92 Å². The Hall–Kier alpha value is 0.500. The summed E-state index contributed by atoms with van der Waals surface area (Å²) in [5.41, 5.74) is 0. The van der Waals surface area contributed by atoms with Crippen LogP contribution in [0.3, 0.4) is 0 Å². The van der Waals surface area contributed by atoms with Crippen molar-refractivity contribution < 1.29 is 4.21 Å². The zero-order valence-corrected chi connectivity index (χ0v) is 6.74. The van der Waals surface area contributed by atoms with Crippen LogP contribution in [-0.4, -0.2) is 25.2 Å². The molecule has 0 radical (unpaired) electrons. The summed E-state index contributed by atoms with van der Waals surface area (Å²) in [6, 6.07) is 0. The second-order valence-corrected chi connectivity index (χ2v) is 6.29. The summed E-state index contributed by atoms with van der Waals surface area (Å²) in [6.07, 6.45) is 0. The van der Waals surface area contributed by atoms with Crippen molar-refractivity contribution in [3.8, 4) is 0 Å². The summed E-state index contributed by atoms with van der Waals surface area (Å²) in [7, 11) is -0.396. The second kappa shape index (κ2) is 1.26. The molecule has 0 amide bonds. The van der Waals surface area contributed by atoms with E-state index in [1.807, 2.05) is 11.8 Å². The van der Waals surface area contributed by atoms with Gasteiger partial charge in [0.2, 0.25) is 0 Å². The van der Waals surface area contributed by atoms with E-state index in [1.165, 1.54) is 0 Å². The van der Waals surface area contributed by atoms with E-state index in [0.29, 0.717) is 10.5 Å². The summed E-state index contributed by atoms with van der Waals surface area (Å²) in [5, 5.41) is 3.00. The maximum atomic E-state index is 11.0. The molecule has 6 unspecified atom stereocenters. The molecule has 0 aromatic heterocycles. The van der Waals surface area contributed by atoms with E-state index in [2.05, 4.69) is 6.92 Å². The Morgan fingerprint density at radius 3 is 2.56 bits per heavy atom. The van der Waals surface area contributed by atoms with E-state index >= 15 is 0 Å². The highest BCUT2D eigenvalue weighted by Gasteiger charge is 2.72. The van der Waals surface area contributed by atoms with Gasteiger partial charge in [0.1, 0.15) is 0 Å². The molecule has 3 rings (SSSR count). The van der Waals surface area contributed by atoms with Gasteiger partial charge < -0.3 is 0 Å². The van der Waals surface area contributed by atoms with Crippen LogP contribution in [0.1, 0.15) is 6.92 Å². The lowest BCUT2D eigenvalue weighted by atomic mass is 10.1. The van der Waals surface area contributed by atoms with Gasteiger partial charge in [0, 0.05) is 21.3 Å². The molecule has 0 N–H and O–H groups in total. The Morgan fingerprint density at radius 1 is 1.33 bits per heavy atom. The fourth-order valence-corrected chi connectivity index (χ4v) is 6.34. The van der Waals surface area contributed by atoms with Crippen molar-refractivity contribution in [1.82, 2.24) is 0 Å². The summed E-state index contributed by atoms with van der Waals surface area (Å²) in [6.45, 7) is 2.26. The minimum absolute atomic E-state index is 0.396. The third kappa shape index (κ3) is 0.442. The molecular weight excluding hydrogens is 152 g/mol. The summed E-state index contributed by atoms with van der Waals surface area (Å²) >= 11 is 2.05. The minimum atomic E-state index is -0.396. The standard InChI is InChI=1S/C6H8OS2/c1-2-3-4(8-3)6-5(2)9(6)7/h2-6H,1H3. The van der Waals surface area contributed by atoms with E-state index in [1.54, 1.807) is 0 Å². The maximum absolute atomic E-state index is 11.0. The summed E-state index contributed by atoms with van der Waals surface area (Å²) in [5.74, 6) is 0.769. The van der Waals surface area contributed by atoms with Gasteiger partial charge >= 0.3 is 0 Å². The van der Waals surface area contributed by atoms with Crippen LogP contribution in [0, 0.1) is 5.92 Å². The minimum Gasteiger partial charge on any atom is -0.259 e. The van der Waals surface area contributed by atoms with Crippen LogP contribution in [-0.2, 0) is 10.8 Å². The Bertz CT molecular complexity index is 197. The largest absolute Gasteiger partial charge is 0.259 e. The second-order valence-electron chi connectivity index (χ2n) is 3.18. The van der Waals surface area contributed by atoms with Gasteiger partial charge in [-0.3, -0.25) is 4.21 Å². The quantitative estimate of drug-likeness (QED) is 0.483. The van der Waals surface area contributed by atoms with Crippen molar-refractivity contribution in [2.75, 3.05) is 0 Å². The third-order valence-electron chi connectivity index (χ3n) is 2.71. The highest BCUT2D eigenvalue weighted by molar-refractivity contribution is 8.10. The van der Waals surface area contributed by atoms with Gasteiger partial charge in [0.15, 0.2) is 0 Å². The van der Waals surface area contributed by atoms with Crippen LogP contribution in [0.4, 0.5) is 0 Å². The van der Waals surface area contributed by atoms with Gasteiger partial charge in [0.25, 0.3) is 0 Å². The Balaban J connectivity index is 2.01. The molecule has 2 heterocycles. The fourth-order valence-electron chi connectivity index (χ4n) is 2.06. The van der Waals surface area contributed by atoms with Crippen molar-refractivity contribution in [1.29, 1.82) is 0 Å². The number of fused-ring (bicyclic) bond motifs is 3. The predicted octanol–water partition coefficient (Wildman–Crippen LogP) is 0.620. The average molecular weight is 160 g/mol. The van der Waals surface area contributed by atoms with Gasteiger partial charge in [-0.2, -0.15) is 11.8 Å². The molecule has 50 valence electrons. The van der Waals surface area contributed by atoms with Crippen LogP contribution in [0.15, 0.2) is 0 Å². The first-order valence-corrected chi connectivity index (χ1v) is 5.57. The molecule has 9 heavy (non-hydrogen) atoms. The molecule has 2 aliphatic heterocycles. The van der Waals surface area contributed by atoms with E-state index in [9.17, 15) is 4.21 Å². The lowest BCUT2D eigenvalue weighted by Crippen LogP contribution is -2.06. The van der Waals surface area contributed by atoms with Gasteiger partial charge in [-0.05, 0) is 5.92 Å². The van der Waals surface area contributed by atoms with Crippen LogP contribution < -0.4 is 0 Å². The zero-order valence-electron chi connectivity index (χ0n) is 5.11. The first kappa shape index (κ1) is 5.19. The highest BCUT2D eigenvalue weighted by atomic mass is 32.2. The van der Waals surface area contributed by atoms with Gasteiger partial charge in [-0.25, -0.2) is 0 Å². The normalized spacial score (nSPS) is 75.2. The van der Waals surface area contributed by atoms with Crippen molar-refractivity contribution in [3.05, 3.63) is 0 Å². The Labute approximate surface area is 61.0 Å². The van der Waals surface area contributed by atoms with Crippen LogP contribution in [0.2, 0.25) is 0 Å². The maximum Gasteiger partial charge on any atom is 0.0627 e. The van der Waals surface area contributed by atoms with Crippen LogP contribution in [0.5, 0.6) is 0 Å². The van der Waals surface area contributed by atoms with Gasteiger partial charge in [-0.15, -0.1) is 0 Å². The van der Waals surface area contributed by atoms with Crippen LogP contribution >= 0.6 is 11.8 Å². The molecule has 3 heteroatoms. The lowest BCUT2D eigenvalue weighted by molar-refractivity contribution is 0.654. The Kier molecular flexibility index (Phi) is 0.725. The zero-order chi connectivity index (χ0) is 6.17. The molecule has 6 atom stereocenters. The van der Waals surface area contributed by atoms with E-state index in [4.69, 9.17) is 0 Å². The molecule has 1 nitrogen and oxygen atoms in total. The fraction of sp³-hybridized carbons (Fsp3) is 1.00.